The zero-order valence-corrected chi connectivity index (χ0v) is 7.78. The van der Waals surface area contributed by atoms with E-state index in [2.05, 4.69) is 17.1 Å². The molecule has 1 aromatic rings. The molecule has 1 radical (unpaired) electrons. The summed E-state index contributed by atoms with van der Waals surface area (Å²) in [5.41, 5.74) is 0. The number of hydrogen-bond acceptors (Lipinski definition) is 5. The van der Waals surface area contributed by atoms with Crippen LogP contribution >= 0.6 is 23.1 Å². The molecular weight excluding hydrogens is 180 g/mol. The van der Waals surface area contributed by atoms with Gasteiger partial charge in [-0.1, -0.05) is 23.1 Å². The Morgan fingerprint density at radius 1 is 1.73 bits per heavy atom. The minimum absolute atomic E-state index is 0.524. The number of nitrogens with zero attached hydrogens (tertiary/aromatic N) is 2. The van der Waals surface area contributed by atoms with Crippen LogP contribution in [0, 0.1) is 13.8 Å². The molecule has 5 heteroatoms. The number of aliphatic hydroxyl groups is 1. The van der Waals surface area contributed by atoms with Crippen molar-refractivity contribution >= 4 is 23.1 Å². The van der Waals surface area contributed by atoms with Crippen LogP contribution < -0.4 is 0 Å². The topological polar surface area (TPSA) is 46.0 Å². The summed E-state index contributed by atoms with van der Waals surface area (Å²) in [5.74, 6) is 0.578. The third-order valence-corrected chi connectivity index (χ3v) is 3.02. The molecule has 61 valence electrons. The van der Waals surface area contributed by atoms with E-state index in [4.69, 9.17) is 5.11 Å². The maximum Gasteiger partial charge on any atom is 0.174 e. The number of hydrogen-bond donors (Lipinski definition) is 1. The summed E-state index contributed by atoms with van der Waals surface area (Å²) >= 11 is 3.01. The summed E-state index contributed by atoms with van der Waals surface area (Å²) in [6.45, 7) is 5.36. The van der Waals surface area contributed by atoms with Gasteiger partial charge in [-0.15, -0.1) is 10.2 Å². The van der Waals surface area contributed by atoms with Crippen LogP contribution in [-0.2, 0) is 0 Å². The van der Waals surface area contributed by atoms with Crippen LogP contribution in [0.2, 0.25) is 0 Å². The third-order valence-electron chi connectivity index (χ3n) is 0.907. The largest absolute Gasteiger partial charge is 0.392 e. The van der Waals surface area contributed by atoms with E-state index in [1.165, 1.54) is 23.1 Å². The summed E-state index contributed by atoms with van der Waals surface area (Å²) < 4.78 is 0.894. The average molecular weight is 189 g/mol. The van der Waals surface area contributed by atoms with Gasteiger partial charge in [0.1, 0.15) is 5.01 Å². The molecule has 1 N–H and O–H groups in total. The standard InChI is InChI=1S/C6H9N2OS2/c1-4(9)3-10-6-8-7-5(2)11-6/h4,9H,1,3H2,2H3. The van der Waals surface area contributed by atoms with Crippen LogP contribution in [-0.4, -0.2) is 27.2 Å². The van der Waals surface area contributed by atoms with E-state index in [1.807, 2.05) is 6.92 Å². The quantitative estimate of drug-likeness (QED) is 0.724. The molecule has 1 atom stereocenters. The Morgan fingerprint density at radius 2 is 2.45 bits per heavy atom. The van der Waals surface area contributed by atoms with Crippen molar-refractivity contribution in [3.05, 3.63) is 11.9 Å². The molecule has 0 aliphatic rings. The second-order valence-electron chi connectivity index (χ2n) is 2.05. The van der Waals surface area contributed by atoms with Gasteiger partial charge in [0.25, 0.3) is 0 Å². The first-order chi connectivity index (χ1) is 5.18. The molecule has 0 saturated carbocycles. The number of aliphatic hydroxyl groups excluding tert-OH is 1. The predicted octanol–water partition coefficient (Wildman–Crippen LogP) is 1.13. The summed E-state index contributed by atoms with van der Waals surface area (Å²) in [5, 5.41) is 17.5. The molecule has 1 unspecified atom stereocenters. The molecule has 0 amide bonds. The van der Waals surface area contributed by atoms with Crippen molar-refractivity contribution in [3.8, 4) is 0 Å². The summed E-state index contributed by atoms with van der Waals surface area (Å²) in [6.07, 6.45) is -0.524. The highest BCUT2D eigenvalue weighted by atomic mass is 32.2. The van der Waals surface area contributed by atoms with Gasteiger partial charge in [-0.2, -0.15) is 0 Å². The Labute approximate surface area is 73.9 Å². The number of thioether (sulfide) groups is 1. The highest BCUT2D eigenvalue weighted by Gasteiger charge is 2.02. The van der Waals surface area contributed by atoms with Gasteiger partial charge < -0.3 is 5.11 Å². The molecule has 1 aromatic heterocycles. The lowest BCUT2D eigenvalue weighted by Gasteiger charge is -1.98. The monoisotopic (exact) mass is 189 g/mol. The van der Waals surface area contributed by atoms with Gasteiger partial charge >= 0.3 is 0 Å². The van der Waals surface area contributed by atoms with E-state index < -0.39 is 6.10 Å². The second-order valence-corrected chi connectivity index (χ2v) is 4.50. The first-order valence-corrected chi connectivity index (χ1v) is 4.93. The van der Waals surface area contributed by atoms with Crippen LogP contribution in [0.15, 0.2) is 4.34 Å². The van der Waals surface area contributed by atoms with Crippen molar-refractivity contribution in [1.82, 2.24) is 10.2 Å². The Kier molecular flexibility index (Phi) is 3.29. The van der Waals surface area contributed by atoms with Crippen LogP contribution in [0.3, 0.4) is 0 Å². The molecule has 1 rings (SSSR count). The Balaban J connectivity index is 2.39. The van der Waals surface area contributed by atoms with E-state index in [0.29, 0.717) is 5.75 Å². The number of rotatable bonds is 3. The molecule has 1 heterocycles. The molecular formula is C6H9N2OS2. The zero-order valence-electron chi connectivity index (χ0n) is 6.15. The van der Waals surface area contributed by atoms with E-state index in [-0.39, 0.29) is 0 Å². The summed E-state index contributed by atoms with van der Waals surface area (Å²) in [6, 6.07) is 0. The first kappa shape index (κ1) is 8.96. The van der Waals surface area contributed by atoms with E-state index >= 15 is 0 Å². The fraction of sp³-hybridized carbons (Fsp3) is 0.500. The van der Waals surface area contributed by atoms with Crippen LogP contribution in [0.4, 0.5) is 0 Å². The van der Waals surface area contributed by atoms with Gasteiger partial charge in [0, 0.05) is 5.75 Å². The van der Waals surface area contributed by atoms with E-state index in [0.717, 1.165) is 9.35 Å². The van der Waals surface area contributed by atoms with Crippen molar-refractivity contribution < 1.29 is 5.11 Å². The molecule has 0 spiro atoms. The molecule has 0 saturated heterocycles. The van der Waals surface area contributed by atoms with Crippen LogP contribution in [0.5, 0.6) is 0 Å². The smallest absolute Gasteiger partial charge is 0.174 e. The van der Waals surface area contributed by atoms with Gasteiger partial charge in [-0.3, -0.25) is 0 Å². The third kappa shape index (κ3) is 3.18. The Hall–Kier alpha value is -0.130. The van der Waals surface area contributed by atoms with Crippen LogP contribution in [0.25, 0.3) is 0 Å². The summed E-state index contributed by atoms with van der Waals surface area (Å²) in [4.78, 5) is 0. The molecule has 0 bridgehead atoms. The normalized spacial score (nSPS) is 13.4. The highest BCUT2D eigenvalue weighted by molar-refractivity contribution is 8.01. The highest BCUT2D eigenvalue weighted by Crippen LogP contribution is 2.21. The number of aromatic nitrogens is 2. The lowest BCUT2D eigenvalue weighted by Crippen LogP contribution is -2.02. The SMILES string of the molecule is [CH2]C(O)CSc1nnc(C)s1. The van der Waals surface area contributed by atoms with Crippen molar-refractivity contribution in [2.24, 2.45) is 0 Å². The molecule has 11 heavy (non-hydrogen) atoms. The average Bonchev–Trinajstić information content (AvgIpc) is 2.31. The van der Waals surface area contributed by atoms with E-state index in [1.54, 1.807) is 0 Å². The second kappa shape index (κ2) is 4.04. The maximum absolute atomic E-state index is 8.84. The lowest BCUT2D eigenvalue weighted by atomic mass is 10.5. The van der Waals surface area contributed by atoms with Crippen molar-refractivity contribution in [2.45, 2.75) is 17.4 Å². The van der Waals surface area contributed by atoms with Gasteiger partial charge in [0.2, 0.25) is 0 Å². The molecule has 3 nitrogen and oxygen atoms in total. The van der Waals surface area contributed by atoms with Gasteiger partial charge in [0.15, 0.2) is 4.34 Å². The minimum atomic E-state index is -0.524. The van der Waals surface area contributed by atoms with Gasteiger partial charge in [-0.05, 0) is 13.8 Å². The van der Waals surface area contributed by atoms with Crippen molar-refractivity contribution in [1.29, 1.82) is 0 Å². The van der Waals surface area contributed by atoms with Gasteiger partial charge in [0.05, 0.1) is 6.10 Å². The summed E-state index contributed by atoms with van der Waals surface area (Å²) in [7, 11) is 0. The molecule has 0 aliphatic heterocycles. The predicted molar refractivity (Wildman–Crippen MR) is 46.7 cm³/mol. The fourth-order valence-corrected chi connectivity index (χ4v) is 2.16. The first-order valence-electron chi connectivity index (χ1n) is 3.12. The zero-order chi connectivity index (χ0) is 8.27. The van der Waals surface area contributed by atoms with Crippen molar-refractivity contribution in [2.75, 3.05) is 5.75 Å². The van der Waals surface area contributed by atoms with Gasteiger partial charge in [-0.25, -0.2) is 0 Å². The molecule has 0 aliphatic carbocycles. The molecule has 0 aromatic carbocycles. The number of aryl methyl sites for hydroxylation is 1. The Bertz CT molecular complexity index is 224. The molecule has 0 fully saturated rings. The van der Waals surface area contributed by atoms with Crippen molar-refractivity contribution in [3.63, 3.8) is 0 Å². The minimum Gasteiger partial charge on any atom is -0.392 e. The van der Waals surface area contributed by atoms with Crippen LogP contribution in [0.1, 0.15) is 5.01 Å². The van der Waals surface area contributed by atoms with E-state index in [9.17, 15) is 0 Å². The Morgan fingerprint density at radius 3 is 2.91 bits per heavy atom. The lowest BCUT2D eigenvalue weighted by molar-refractivity contribution is 0.246. The maximum atomic E-state index is 8.84. The fourth-order valence-electron chi connectivity index (χ4n) is 0.504.